The van der Waals surface area contributed by atoms with Gasteiger partial charge in [-0.1, -0.05) is 25.4 Å². The summed E-state index contributed by atoms with van der Waals surface area (Å²) in [6.07, 6.45) is 0. The second-order valence-electron chi connectivity index (χ2n) is 3.80. The molecule has 0 aliphatic rings. The normalized spacial score (nSPS) is 10.5. The molecule has 15 heavy (non-hydrogen) atoms. The summed E-state index contributed by atoms with van der Waals surface area (Å²) in [4.78, 5) is 11.4. The molecule has 0 amide bonds. The van der Waals surface area contributed by atoms with E-state index in [9.17, 15) is 4.79 Å². The summed E-state index contributed by atoms with van der Waals surface area (Å²) in [6.45, 7) is 5.63. The first-order chi connectivity index (χ1) is 6.97. The zero-order valence-electron chi connectivity index (χ0n) is 9.43. The second-order valence-corrected chi connectivity index (χ2v) is 4.17. The number of ether oxygens (including phenoxy) is 1. The largest absolute Gasteiger partial charge is 0.495 e. The van der Waals surface area contributed by atoms with E-state index in [-0.39, 0.29) is 5.78 Å². The lowest BCUT2D eigenvalue weighted by molar-refractivity contribution is 0.101. The van der Waals surface area contributed by atoms with Crippen molar-refractivity contribution in [1.82, 2.24) is 0 Å². The molecule has 0 aliphatic heterocycles. The number of ketones is 1. The second kappa shape index (κ2) is 4.67. The molecule has 1 rings (SSSR count). The highest BCUT2D eigenvalue weighted by Crippen LogP contribution is 2.32. The van der Waals surface area contributed by atoms with Crippen molar-refractivity contribution >= 4 is 17.4 Å². The van der Waals surface area contributed by atoms with Crippen LogP contribution < -0.4 is 4.74 Å². The molecular weight excluding hydrogens is 212 g/mol. The van der Waals surface area contributed by atoms with E-state index in [0.29, 0.717) is 22.3 Å². The van der Waals surface area contributed by atoms with Crippen LogP contribution in [0.1, 0.15) is 42.6 Å². The fourth-order valence-corrected chi connectivity index (χ4v) is 1.68. The number of Topliss-reactive ketones (excluding diaryl/α,β-unsaturated/α-hetero) is 1. The highest BCUT2D eigenvalue weighted by molar-refractivity contribution is 6.35. The van der Waals surface area contributed by atoms with Gasteiger partial charge in [-0.15, -0.1) is 0 Å². The molecule has 0 radical (unpaired) electrons. The highest BCUT2D eigenvalue weighted by Gasteiger charge is 2.14. The molecule has 0 saturated carbocycles. The van der Waals surface area contributed by atoms with Gasteiger partial charge in [0, 0.05) is 5.56 Å². The van der Waals surface area contributed by atoms with Gasteiger partial charge >= 0.3 is 0 Å². The van der Waals surface area contributed by atoms with Crippen molar-refractivity contribution in [3.63, 3.8) is 0 Å². The van der Waals surface area contributed by atoms with Gasteiger partial charge in [-0.05, 0) is 30.5 Å². The summed E-state index contributed by atoms with van der Waals surface area (Å²) in [6, 6.07) is 3.71. The molecule has 1 aromatic carbocycles. The van der Waals surface area contributed by atoms with Gasteiger partial charge in [0.1, 0.15) is 5.75 Å². The number of methoxy groups -OCH3 is 1. The van der Waals surface area contributed by atoms with Crippen LogP contribution in [0, 0.1) is 0 Å². The highest BCUT2D eigenvalue weighted by atomic mass is 35.5. The molecule has 0 aliphatic carbocycles. The van der Waals surface area contributed by atoms with Gasteiger partial charge in [-0.25, -0.2) is 0 Å². The Kier molecular flexibility index (Phi) is 3.75. The van der Waals surface area contributed by atoms with Gasteiger partial charge in [-0.2, -0.15) is 0 Å². The zero-order valence-corrected chi connectivity index (χ0v) is 10.2. The summed E-state index contributed by atoms with van der Waals surface area (Å²) in [5.41, 5.74) is 1.58. The lowest BCUT2D eigenvalue weighted by atomic mass is 9.99. The molecule has 0 aromatic heterocycles. The summed E-state index contributed by atoms with van der Waals surface area (Å²) < 4.78 is 5.14. The van der Waals surface area contributed by atoms with Crippen LogP contribution in [0.3, 0.4) is 0 Å². The lowest BCUT2D eigenvalue weighted by Gasteiger charge is -2.12. The van der Waals surface area contributed by atoms with Crippen LogP contribution in [0.5, 0.6) is 5.75 Å². The van der Waals surface area contributed by atoms with Crippen molar-refractivity contribution in [2.75, 3.05) is 7.11 Å². The number of rotatable bonds is 3. The molecule has 2 nitrogen and oxygen atoms in total. The maximum Gasteiger partial charge on any atom is 0.161 e. The topological polar surface area (TPSA) is 26.3 Å². The van der Waals surface area contributed by atoms with Gasteiger partial charge in [0.2, 0.25) is 0 Å². The first-order valence-electron chi connectivity index (χ1n) is 4.85. The van der Waals surface area contributed by atoms with E-state index < -0.39 is 0 Å². The number of carbonyl (C=O) groups is 1. The summed E-state index contributed by atoms with van der Waals surface area (Å²) in [7, 11) is 1.55. The van der Waals surface area contributed by atoms with E-state index >= 15 is 0 Å². The van der Waals surface area contributed by atoms with Crippen molar-refractivity contribution in [2.24, 2.45) is 0 Å². The Morgan fingerprint density at radius 3 is 2.40 bits per heavy atom. The first-order valence-corrected chi connectivity index (χ1v) is 5.23. The molecule has 0 saturated heterocycles. The molecule has 0 unspecified atom stereocenters. The van der Waals surface area contributed by atoms with Gasteiger partial charge in [0.05, 0.1) is 12.1 Å². The average molecular weight is 227 g/mol. The minimum atomic E-state index is -0.0409. The third-order valence-corrected chi connectivity index (χ3v) is 2.72. The number of hydrogen-bond donors (Lipinski definition) is 0. The molecule has 0 N–H and O–H groups in total. The zero-order chi connectivity index (χ0) is 11.6. The van der Waals surface area contributed by atoms with Crippen molar-refractivity contribution < 1.29 is 9.53 Å². The molecule has 0 fully saturated rings. The van der Waals surface area contributed by atoms with E-state index in [2.05, 4.69) is 13.8 Å². The number of hydrogen-bond acceptors (Lipinski definition) is 2. The Bertz CT molecular complexity index is 383. The number of halogens is 1. The molecule has 0 heterocycles. The van der Waals surface area contributed by atoms with Crippen molar-refractivity contribution in [2.45, 2.75) is 26.7 Å². The molecule has 1 aromatic rings. The van der Waals surface area contributed by atoms with Crippen LogP contribution in [0.2, 0.25) is 5.02 Å². The SMILES string of the molecule is COc1cc(C(C)C)cc(C(C)=O)c1Cl. The Morgan fingerprint density at radius 2 is 2.00 bits per heavy atom. The Hall–Kier alpha value is -1.02. The van der Waals surface area contributed by atoms with E-state index in [0.717, 1.165) is 5.56 Å². The third kappa shape index (κ3) is 2.51. The summed E-state index contributed by atoms with van der Waals surface area (Å²) in [5.74, 6) is 0.864. The maximum absolute atomic E-state index is 11.4. The average Bonchev–Trinajstić information content (AvgIpc) is 2.17. The van der Waals surface area contributed by atoms with Crippen LogP contribution in [0.25, 0.3) is 0 Å². The van der Waals surface area contributed by atoms with Crippen molar-refractivity contribution in [3.05, 3.63) is 28.3 Å². The smallest absolute Gasteiger partial charge is 0.161 e. The minimum Gasteiger partial charge on any atom is -0.495 e. The third-order valence-electron chi connectivity index (χ3n) is 2.33. The Labute approximate surface area is 95.2 Å². The van der Waals surface area contributed by atoms with Crippen LogP contribution in [0.4, 0.5) is 0 Å². The minimum absolute atomic E-state index is 0.0409. The summed E-state index contributed by atoms with van der Waals surface area (Å²) in [5, 5.41) is 0.398. The monoisotopic (exact) mass is 226 g/mol. The number of carbonyl (C=O) groups excluding carboxylic acids is 1. The van der Waals surface area contributed by atoms with E-state index in [4.69, 9.17) is 16.3 Å². The molecule has 82 valence electrons. The van der Waals surface area contributed by atoms with Crippen LogP contribution in [-0.2, 0) is 0 Å². The molecule has 3 heteroatoms. The van der Waals surface area contributed by atoms with E-state index in [1.807, 2.05) is 12.1 Å². The molecular formula is C12H15ClO2. The Balaban J connectivity index is 3.38. The quantitative estimate of drug-likeness (QED) is 0.735. The van der Waals surface area contributed by atoms with Crippen LogP contribution in [-0.4, -0.2) is 12.9 Å². The van der Waals surface area contributed by atoms with Crippen molar-refractivity contribution in [1.29, 1.82) is 0 Å². The van der Waals surface area contributed by atoms with Gasteiger partial charge < -0.3 is 4.74 Å². The van der Waals surface area contributed by atoms with Crippen LogP contribution in [0.15, 0.2) is 12.1 Å². The standard InChI is InChI=1S/C12H15ClO2/c1-7(2)9-5-10(8(3)14)12(13)11(6-9)15-4/h5-7H,1-4H3. The lowest BCUT2D eigenvalue weighted by Crippen LogP contribution is -1.99. The fraction of sp³-hybridized carbons (Fsp3) is 0.417. The number of benzene rings is 1. The first kappa shape index (κ1) is 12.1. The maximum atomic E-state index is 11.4. The molecule has 0 atom stereocenters. The predicted molar refractivity (Wildman–Crippen MR) is 62.1 cm³/mol. The Morgan fingerprint density at radius 1 is 1.40 bits per heavy atom. The fourth-order valence-electron chi connectivity index (χ4n) is 1.36. The van der Waals surface area contributed by atoms with Gasteiger partial charge in [0.25, 0.3) is 0 Å². The van der Waals surface area contributed by atoms with Gasteiger partial charge in [-0.3, -0.25) is 4.79 Å². The van der Waals surface area contributed by atoms with Gasteiger partial charge in [0.15, 0.2) is 5.78 Å². The molecule has 0 spiro atoms. The van der Waals surface area contributed by atoms with Crippen LogP contribution >= 0.6 is 11.6 Å². The van der Waals surface area contributed by atoms with E-state index in [1.54, 1.807) is 7.11 Å². The van der Waals surface area contributed by atoms with E-state index in [1.165, 1.54) is 6.92 Å². The summed E-state index contributed by atoms with van der Waals surface area (Å²) >= 11 is 6.03. The van der Waals surface area contributed by atoms with Crippen molar-refractivity contribution in [3.8, 4) is 5.75 Å². The molecule has 0 bridgehead atoms. The predicted octanol–water partition coefficient (Wildman–Crippen LogP) is 3.67.